The summed E-state index contributed by atoms with van der Waals surface area (Å²) < 4.78 is 11.4. The third kappa shape index (κ3) is 4.05. The van der Waals surface area contributed by atoms with Crippen molar-refractivity contribution in [3.05, 3.63) is 65.7 Å². The first-order valence-electron chi connectivity index (χ1n) is 9.86. The van der Waals surface area contributed by atoms with Crippen molar-refractivity contribution in [1.29, 1.82) is 0 Å². The average molecular weight is 380 g/mol. The van der Waals surface area contributed by atoms with Gasteiger partial charge in [0.2, 0.25) is 5.91 Å². The van der Waals surface area contributed by atoms with Gasteiger partial charge in [-0.2, -0.15) is 0 Å². The third-order valence-electron chi connectivity index (χ3n) is 5.89. The van der Waals surface area contributed by atoms with Gasteiger partial charge in [0.15, 0.2) is 0 Å². The Kier molecular flexibility index (Phi) is 5.38. The van der Waals surface area contributed by atoms with Gasteiger partial charge < -0.3 is 14.4 Å². The van der Waals surface area contributed by atoms with Gasteiger partial charge in [-0.25, -0.2) is 0 Å². The van der Waals surface area contributed by atoms with Crippen LogP contribution in [0, 0.1) is 0 Å². The summed E-state index contributed by atoms with van der Waals surface area (Å²) in [6.07, 6.45) is 1.39. The molecule has 2 heterocycles. The molecule has 2 aromatic rings. The molecule has 148 valence electrons. The molecule has 0 aromatic heterocycles. The van der Waals surface area contributed by atoms with E-state index in [2.05, 4.69) is 36.2 Å². The highest BCUT2D eigenvalue weighted by molar-refractivity contribution is 5.80. The number of rotatable bonds is 6. The summed E-state index contributed by atoms with van der Waals surface area (Å²) in [5.74, 6) is 0.942. The Labute approximate surface area is 166 Å². The van der Waals surface area contributed by atoms with E-state index >= 15 is 0 Å². The second kappa shape index (κ2) is 7.94. The number of carbonyl (C=O) groups is 1. The van der Waals surface area contributed by atoms with Crippen molar-refractivity contribution >= 4 is 5.91 Å². The lowest BCUT2D eigenvalue weighted by atomic mass is 9.88. The number of ether oxygens (including phenoxy) is 2. The molecule has 0 N–H and O–H groups in total. The Morgan fingerprint density at radius 2 is 1.93 bits per heavy atom. The minimum absolute atomic E-state index is 0.153. The number of hydrogen-bond acceptors (Lipinski definition) is 4. The van der Waals surface area contributed by atoms with Crippen molar-refractivity contribution in [3.63, 3.8) is 0 Å². The van der Waals surface area contributed by atoms with Crippen LogP contribution in [0.2, 0.25) is 0 Å². The number of likely N-dealkylation sites (N-methyl/N-ethyl adjacent to an activating group) is 1. The van der Waals surface area contributed by atoms with Gasteiger partial charge in [-0.15, -0.1) is 0 Å². The molecule has 5 heteroatoms. The largest absolute Gasteiger partial charge is 0.497 e. The molecule has 2 aromatic carbocycles. The van der Waals surface area contributed by atoms with Crippen LogP contribution in [0.15, 0.2) is 54.6 Å². The highest BCUT2D eigenvalue weighted by Crippen LogP contribution is 2.37. The van der Waals surface area contributed by atoms with Crippen molar-refractivity contribution in [2.45, 2.75) is 31.0 Å². The van der Waals surface area contributed by atoms with E-state index in [0.29, 0.717) is 25.6 Å². The maximum absolute atomic E-state index is 12.6. The lowest BCUT2D eigenvalue weighted by Gasteiger charge is -2.47. The molecule has 4 rings (SSSR count). The molecule has 2 fully saturated rings. The summed E-state index contributed by atoms with van der Waals surface area (Å²) in [6.45, 7) is 3.06. The number of hydrogen-bond donors (Lipinski definition) is 0. The first-order valence-corrected chi connectivity index (χ1v) is 9.86. The summed E-state index contributed by atoms with van der Waals surface area (Å²) in [5.41, 5.74) is 2.15. The zero-order chi connectivity index (χ0) is 19.6. The van der Waals surface area contributed by atoms with Crippen LogP contribution >= 0.6 is 0 Å². The number of benzene rings is 2. The summed E-state index contributed by atoms with van der Waals surface area (Å²) in [7, 11) is 3.80. The van der Waals surface area contributed by atoms with Crippen LogP contribution in [0.1, 0.15) is 17.5 Å². The average Bonchev–Trinajstić information content (AvgIpc) is 3.14. The van der Waals surface area contributed by atoms with E-state index in [-0.39, 0.29) is 11.5 Å². The van der Waals surface area contributed by atoms with Crippen LogP contribution in [0.25, 0.3) is 0 Å². The molecule has 1 atom stereocenters. The SMILES string of the molecule is COc1cccc(CC(=O)N2CC3(CC(N(C)Cc4ccccc4)CO3)C2)c1. The molecule has 0 aliphatic carbocycles. The maximum Gasteiger partial charge on any atom is 0.227 e. The van der Waals surface area contributed by atoms with Crippen molar-refractivity contribution < 1.29 is 14.3 Å². The molecule has 0 radical (unpaired) electrons. The zero-order valence-corrected chi connectivity index (χ0v) is 16.6. The quantitative estimate of drug-likeness (QED) is 0.773. The summed E-state index contributed by atoms with van der Waals surface area (Å²) in [5, 5.41) is 0. The lowest BCUT2D eigenvalue weighted by Crippen LogP contribution is -2.63. The summed E-state index contributed by atoms with van der Waals surface area (Å²) in [6, 6.07) is 18.6. The third-order valence-corrected chi connectivity index (χ3v) is 5.89. The molecule has 28 heavy (non-hydrogen) atoms. The van der Waals surface area contributed by atoms with Crippen molar-refractivity contribution in [1.82, 2.24) is 9.80 Å². The second-order valence-electron chi connectivity index (χ2n) is 8.03. The number of methoxy groups -OCH3 is 1. The minimum Gasteiger partial charge on any atom is -0.497 e. The monoisotopic (exact) mass is 380 g/mol. The number of carbonyl (C=O) groups excluding carboxylic acids is 1. The molecule has 2 aliphatic rings. The van der Waals surface area contributed by atoms with Gasteiger partial charge in [-0.1, -0.05) is 42.5 Å². The van der Waals surface area contributed by atoms with Gasteiger partial charge in [0.1, 0.15) is 11.4 Å². The van der Waals surface area contributed by atoms with Crippen molar-refractivity contribution in [2.75, 3.05) is 33.9 Å². The van der Waals surface area contributed by atoms with E-state index in [1.807, 2.05) is 35.2 Å². The van der Waals surface area contributed by atoms with Gasteiger partial charge >= 0.3 is 0 Å². The number of nitrogens with zero attached hydrogens (tertiary/aromatic N) is 2. The fourth-order valence-corrected chi connectivity index (χ4v) is 4.22. The van der Waals surface area contributed by atoms with Crippen LogP contribution in [0.5, 0.6) is 5.75 Å². The number of amides is 1. The molecular formula is C23H28N2O3. The predicted molar refractivity (Wildman–Crippen MR) is 108 cm³/mol. The Balaban J connectivity index is 1.28. The van der Waals surface area contributed by atoms with Crippen LogP contribution in [0.4, 0.5) is 0 Å². The van der Waals surface area contributed by atoms with Crippen LogP contribution in [0.3, 0.4) is 0 Å². The lowest BCUT2D eigenvalue weighted by molar-refractivity contribution is -0.157. The minimum atomic E-state index is -0.153. The van der Waals surface area contributed by atoms with Crippen molar-refractivity contribution in [3.8, 4) is 5.75 Å². The Morgan fingerprint density at radius 1 is 1.18 bits per heavy atom. The van der Waals surface area contributed by atoms with Gasteiger partial charge in [-0.3, -0.25) is 9.69 Å². The van der Waals surface area contributed by atoms with Gasteiger partial charge in [0, 0.05) is 12.6 Å². The second-order valence-corrected chi connectivity index (χ2v) is 8.03. The Hall–Kier alpha value is -2.37. The Morgan fingerprint density at radius 3 is 2.68 bits per heavy atom. The molecule has 5 nitrogen and oxygen atoms in total. The molecule has 2 saturated heterocycles. The smallest absolute Gasteiger partial charge is 0.227 e. The molecule has 1 amide bonds. The topological polar surface area (TPSA) is 42.0 Å². The summed E-state index contributed by atoms with van der Waals surface area (Å²) >= 11 is 0. The van der Waals surface area contributed by atoms with E-state index < -0.39 is 0 Å². The maximum atomic E-state index is 12.6. The predicted octanol–water partition coefficient (Wildman–Crippen LogP) is 2.74. The van der Waals surface area contributed by atoms with E-state index in [0.717, 1.165) is 30.9 Å². The zero-order valence-electron chi connectivity index (χ0n) is 16.6. The standard InChI is InChI=1S/C23H28N2O3/c1-24(14-18-7-4-3-5-8-18)20-13-23(28-15-20)16-25(17-23)22(26)12-19-9-6-10-21(11-19)27-2/h3-11,20H,12-17H2,1-2H3. The molecular weight excluding hydrogens is 352 g/mol. The molecule has 0 saturated carbocycles. The molecule has 1 unspecified atom stereocenters. The normalized spacial score (nSPS) is 20.4. The van der Waals surface area contributed by atoms with E-state index in [1.54, 1.807) is 7.11 Å². The molecule has 2 aliphatic heterocycles. The number of likely N-dealkylation sites (tertiary alicyclic amines) is 1. The highest BCUT2D eigenvalue weighted by atomic mass is 16.5. The van der Waals surface area contributed by atoms with E-state index in [9.17, 15) is 4.79 Å². The first-order chi connectivity index (χ1) is 13.6. The van der Waals surface area contributed by atoms with Crippen molar-refractivity contribution in [2.24, 2.45) is 0 Å². The molecule has 1 spiro atoms. The van der Waals surface area contributed by atoms with Gasteiger partial charge in [-0.05, 0) is 36.7 Å². The van der Waals surface area contributed by atoms with Gasteiger partial charge in [0.25, 0.3) is 0 Å². The van der Waals surface area contributed by atoms with E-state index in [4.69, 9.17) is 9.47 Å². The fraction of sp³-hybridized carbons (Fsp3) is 0.435. The van der Waals surface area contributed by atoms with Crippen LogP contribution in [-0.2, 0) is 22.5 Å². The van der Waals surface area contributed by atoms with E-state index in [1.165, 1.54) is 5.56 Å². The first kappa shape index (κ1) is 19.0. The Bertz CT molecular complexity index is 818. The van der Waals surface area contributed by atoms with Crippen LogP contribution in [-0.4, -0.2) is 61.2 Å². The highest BCUT2D eigenvalue weighted by Gasteiger charge is 2.51. The van der Waals surface area contributed by atoms with Crippen LogP contribution < -0.4 is 4.74 Å². The van der Waals surface area contributed by atoms with Gasteiger partial charge in [0.05, 0.1) is 33.2 Å². The molecule has 0 bridgehead atoms. The fourth-order valence-electron chi connectivity index (χ4n) is 4.22. The summed E-state index contributed by atoms with van der Waals surface area (Å²) in [4.78, 5) is 16.9.